The van der Waals surface area contributed by atoms with Gasteiger partial charge in [-0.25, -0.2) is 0 Å². The van der Waals surface area contributed by atoms with Crippen LogP contribution in [0.25, 0.3) is 0 Å². The van der Waals surface area contributed by atoms with Gasteiger partial charge >= 0.3 is 0 Å². The second-order valence-electron chi connectivity index (χ2n) is 8.10. The maximum Gasteiger partial charge on any atom is 0.275 e. The minimum Gasteiger partial charge on any atom is -0.388 e. The van der Waals surface area contributed by atoms with E-state index in [0.29, 0.717) is 11.4 Å². The van der Waals surface area contributed by atoms with Crippen LogP contribution in [0.4, 0.5) is 17.3 Å². The van der Waals surface area contributed by atoms with E-state index in [1.165, 1.54) is 41.7 Å². The van der Waals surface area contributed by atoms with Crippen LogP contribution in [0.15, 0.2) is 35.5 Å². The first-order valence-corrected chi connectivity index (χ1v) is 11.8. The molecule has 16 heteroatoms. The topological polar surface area (TPSA) is 207 Å². The number of aromatic nitrogens is 5. The van der Waals surface area contributed by atoms with Gasteiger partial charge in [0.05, 0.1) is 16.0 Å². The highest BCUT2D eigenvalue weighted by atomic mass is 79.9. The Kier molecular flexibility index (Phi) is 8.46. The largest absolute Gasteiger partial charge is 0.388 e. The number of hydrogen-bond acceptors (Lipinski definition) is 7. The fourth-order valence-corrected chi connectivity index (χ4v) is 3.40. The summed E-state index contributed by atoms with van der Waals surface area (Å²) in [5.74, 6) is -1.74. The van der Waals surface area contributed by atoms with Crippen molar-refractivity contribution in [3.63, 3.8) is 0 Å². The first kappa shape index (κ1) is 27.9. The second-order valence-corrected chi connectivity index (χ2v) is 9.06. The van der Waals surface area contributed by atoms with Crippen LogP contribution in [0.2, 0.25) is 0 Å². The zero-order valence-electron chi connectivity index (χ0n) is 20.8. The summed E-state index contributed by atoms with van der Waals surface area (Å²) in [6.07, 6.45) is 1.80. The Bertz CT molecular complexity index is 1450. The number of nitrogens with one attached hydrogen (secondary N) is 5. The number of nitrogens with two attached hydrogens (primary N) is 1. The van der Waals surface area contributed by atoms with Crippen molar-refractivity contribution < 1.29 is 19.2 Å². The van der Waals surface area contributed by atoms with E-state index in [1.807, 2.05) is 0 Å². The second kappa shape index (κ2) is 11.5. The number of carbonyl (C=O) groups excluding carboxylic acids is 4. The fraction of sp³-hybridized carbons (Fsp3) is 0.227. The van der Waals surface area contributed by atoms with Gasteiger partial charge in [-0.05, 0) is 22.0 Å². The number of nitrogens with zero attached hydrogens (tertiary/aromatic N) is 5. The van der Waals surface area contributed by atoms with Crippen molar-refractivity contribution in [2.75, 3.05) is 22.5 Å². The van der Waals surface area contributed by atoms with E-state index in [-0.39, 0.29) is 52.2 Å². The number of rotatable bonds is 10. The molecule has 0 aliphatic rings. The summed E-state index contributed by atoms with van der Waals surface area (Å²) in [4.78, 5) is 49.7. The van der Waals surface area contributed by atoms with Crippen molar-refractivity contribution in [2.45, 2.75) is 6.42 Å². The lowest BCUT2D eigenvalue weighted by molar-refractivity contribution is -0.112. The summed E-state index contributed by atoms with van der Waals surface area (Å²) in [6, 6.07) is 4.27. The van der Waals surface area contributed by atoms with Gasteiger partial charge in [-0.15, -0.1) is 0 Å². The van der Waals surface area contributed by atoms with Crippen molar-refractivity contribution in [3.8, 4) is 0 Å². The van der Waals surface area contributed by atoms with Gasteiger partial charge in [0, 0.05) is 52.4 Å². The average Bonchev–Trinajstić information content (AvgIpc) is 3.49. The monoisotopic (exact) mass is 587 g/mol. The molecule has 0 atom stereocenters. The van der Waals surface area contributed by atoms with Crippen LogP contribution in [-0.4, -0.2) is 60.1 Å². The maximum atomic E-state index is 12.9. The highest BCUT2D eigenvalue weighted by molar-refractivity contribution is 9.12. The summed E-state index contributed by atoms with van der Waals surface area (Å²) in [5, 5.41) is 25.9. The minimum absolute atomic E-state index is 0.0349. The lowest BCUT2D eigenvalue weighted by atomic mass is 10.3. The Morgan fingerprint density at radius 3 is 2.03 bits per heavy atom. The van der Waals surface area contributed by atoms with E-state index >= 15 is 0 Å². The maximum absolute atomic E-state index is 12.9. The first-order chi connectivity index (χ1) is 17.8. The van der Waals surface area contributed by atoms with Crippen molar-refractivity contribution in [2.24, 2.45) is 26.9 Å². The Morgan fingerprint density at radius 1 is 0.921 bits per heavy atom. The minimum atomic E-state index is -0.563. The Balaban J connectivity index is 1.66. The van der Waals surface area contributed by atoms with Gasteiger partial charge < -0.3 is 31.6 Å². The normalized spacial score (nSPS) is 10.5. The molecule has 3 aromatic rings. The zero-order chi connectivity index (χ0) is 28.1. The summed E-state index contributed by atoms with van der Waals surface area (Å²) < 4.78 is 4.22. The number of amidine groups is 1. The van der Waals surface area contributed by atoms with Crippen LogP contribution in [0.1, 0.15) is 37.9 Å². The molecule has 3 aromatic heterocycles. The predicted octanol–water partition coefficient (Wildman–Crippen LogP) is 0.900. The predicted molar refractivity (Wildman–Crippen MR) is 143 cm³/mol. The molecule has 0 saturated heterocycles. The number of aryl methyl sites for hydroxylation is 3. The fourth-order valence-electron chi connectivity index (χ4n) is 3.30. The first-order valence-electron chi connectivity index (χ1n) is 11.0. The van der Waals surface area contributed by atoms with Crippen molar-refractivity contribution in [3.05, 3.63) is 52.5 Å². The van der Waals surface area contributed by atoms with Crippen LogP contribution < -0.4 is 27.0 Å². The molecule has 3 heterocycles. The number of carbonyl (C=O) groups is 4. The highest BCUT2D eigenvalue weighted by Crippen LogP contribution is 2.17. The number of anilines is 3. The van der Waals surface area contributed by atoms with Gasteiger partial charge in [0.2, 0.25) is 0 Å². The van der Waals surface area contributed by atoms with E-state index in [1.54, 1.807) is 17.8 Å². The molecule has 7 N–H and O–H groups in total. The molecule has 0 bridgehead atoms. The standard InChI is InChI=1S/C22H26BrN11O4/c1-11(23)19(35)28-17-9-15(34(4)30-17)22(38)29-18-8-14(33(3)31-18)21(37)27-12-7-13(32(2)10-12)20(36)26-6-5-16(24)25/h7-10H,1,5-6H2,2-4H3,(H3,24,25)(H,26,36)(H,27,37)(H,28,30,35)(H,29,31,38). The summed E-state index contributed by atoms with van der Waals surface area (Å²) in [5.41, 5.74) is 6.24. The third kappa shape index (κ3) is 6.73. The Labute approximate surface area is 225 Å². The van der Waals surface area contributed by atoms with E-state index < -0.39 is 17.7 Å². The third-order valence-electron chi connectivity index (χ3n) is 5.13. The van der Waals surface area contributed by atoms with Crippen LogP contribution in [0.5, 0.6) is 0 Å². The van der Waals surface area contributed by atoms with Gasteiger partial charge in [-0.2, -0.15) is 10.2 Å². The Morgan fingerprint density at radius 2 is 1.47 bits per heavy atom. The van der Waals surface area contributed by atoms with Crippen molar-refractivity contribution in [1.29, 1.82) is 5.41 Å². The Hall–Kier alpha value is -4.73. The lowest BCUT2D eigenvalue weighted by Crippen LogP contribution is -2.28. The van der Waals surface area contributed by atoms with Crippen molar-refractivity contribution >= 4 is 62.7 Å². The van der Waals surface area contributed by atoms with E-state index in [0.717, 1.165) is 0 Å². The van der Waals surface area contributed by atoms with Crippen molar-refractivity contribution in [1.82, 2.24) is 29.4 Å². The SMILES string of the molecule is C=C(Br)C(=O)Nc1cc(C(=O)Nc2cc(C(=O)Nc3cc(C(=O)NCCC(=N)N)n(C)c3)n(C)n2)n(C)n1. The summed E-state index contributed by atoms with van der Waals surface area (Å²) >= 11 is 2.97. The molecule has 0 radical (unpaired) electrons. The molecule has 0 aromatic carbocycles. The molecule has 0 saturated carbocycles. The van der Waals surface area contributed by atoms with Gasteiger partial charge in [0.1, 0.15) is 17.1 Å². The van der Waals surface area contributed by atoms with Crippen LogP contribution >= 0.6 is 15.9 Å². The molecule has 0 aliphatic heterocycles. The van der Waals surface area contributed by atoms with Crippen LogP contribution in [0, 0.1) is 5.41 Å². The summed E-state index contributed by atoms with van der Waals surface area (Å²) in [7, 11) is 4.72. The number of amides is 4. The highest BCUT2D eigenvalue weighted by Gasteiger charge is 2.20. The number of halogens is 1. The molecule has 4 amide bonds. The molecular weight excluding hydrogens is 562 g/mol. The molecule has 15 nitrogen and oxygen atoms in total. The molecule has 0 aliphatic carbocycles. The third-order valence-corrected chi connectivity index (χ3v) is 5.49. The zero-order valence-corrected chi connectivity index (χ0v) is 22.3. The van der Waals surface area contributed by atoms with Gasteiger partial charge in [0.15, 0.2) is 11.6 Å². The van der Waals surface area contributed by atoms with E-state index in [9.17, 15) is 19.2 Å². The van der Waals surface area contributed by atoms with Gasteiger partial charge in [0.25, 0.3) is 23.6 Å². The van der Waals surface area contributed by atoms with Gasteiger partial charge in [-0.3, -0.25) is 34.0 Å². The van der Waals surface area contributed by atoms with Gasteiger partial charge in [-0.1, -0.05) is 6.58 Å². The molecule has 0 fully saturated rings. The average molecular weight is 588 g/mol. The van der Waals surface area contributed by atoms with E-state index in [4.69, 9.17) is 11.1 Å². The number of hydrogen-bond donors (Lipinski definition) is 6. The lowest BCUT2D eigenvalue weighted by Gasteiger charge is -2.04. The summed E-state index contributed by atoms with van der Waals surface area (Å²) in [6.45, 7) is 3.68. The van der Waals surface area contributed by atoms with Crippen LogP contribution in [0.3, 0.4) is 0 Å². The molecule has 0 unspecified atom stereocenters. The smallest absolute Gasteiger partial charge is 0.275 e. The van der Waals surface area contributed by atoms with E-state index in [2.05, 4.69) is 54.0 Å². The molecule has 38 heavy (non-hydrogen) atoms. The molecule has 0 spiro atoms. The van der Waals surface area contributed by atoms with Crippen LogP contribution in [-0.2, 0) is 25.9 Å². The quantitative estimate of drug-likeness (QED) is 0.114. The molecule has 3 rings (SSSR count). The molecule has 200 valence electrons. The molecular formula is C22H26BrN11O4.